The van der Waals surface area contributed by atoms with Gasteiger partial charge in [-0.15, -0.1) is 0 Å². The van der Waals surface area contributed by atoms with E-state index in [-0.39, 0.29) is 0 Å². The molecular weight excluding hydrogens is 238 g/mol. The van der Waals surface area contributed by atoms with Gasteiger partial charge >= 0.3 is 0 Å². The first-order chi connectivity index (χ1) is 9.22. The summed E-state index contributed by atoms with van der Waals surface area (Å²) in [5.74, 6) is 0.910. The first kappa shape index (κ1) is 14.4. The van der Waals surface area contributed by atoms with Gasteiger partial charge in [0.05, 0.1) is 13.2 Å². The summed E-state index contributed by atoms with van der Waals surface area (Å²) in [5.41, 5.74) is 1.31. The molecule has 1 N–H and O–H groups in total. The van der Waals surface area contributed by atoms with Gasteiger partial charge in [0.15, 0.2) is 0 Å². The molecule has 0 heterocycles. The smallest absolute Gasteiger partial charge is 0.118 e. The van der Waals surface area contributed by atoms with Gasteiger partial charge < -0.3 is 14.8 Å². The average molecular weight is 263 g/mol. The molecular formula is C16H25NO2. The molecule has 0 bridgehead atoms. The number of rotatable bonds is 5. The molecule has 1 fully saturated rings. The van der Waals surface area contributed by atoms with E-state index in [0.29, 0.717) is 18.2 Å². The summed E-state index contributed by atoms with van der Waals surface area (Å²) in [5, 5.41) is 3.72. The maximum atomic E-state index is 5.48. The molecule has 0 aliphatic heterocycles. The van der Waals surface area contributed by atoms with Crippen LogP contribution >= 0.6 is 0 Å². The van der Waals surface area contributed by atoms with Gasteiger partial charge in [-0.1, -0.05) is 12.1 Å². The van der Waals surface area contributed by atoms with Crippen molar-refractivity contribution in [2.75, 3.05) is 14.2 Å². The first-order valence-electron chi connectivity index (χ1n) is 7.15. The fourth-order valence-corrected chi connectivity index (χ4v) is 2.85. The Bertz CT molecular complexity index is 377. The van der Waals surface area contributed by atoms with E-state index >= 15 is 0 Å². The second kappa shape index (κ2) is 6.92. The molecule has 1 aliphatic carbocycles. The lowest BCUT2D eigenvalue weighted by Crippen LogP contribution is -2.38. The van der Waals surface area contributed by atoms with Gasteiger partial charge in [0.1, 0.15) is 5.75 Å². The van der Waals surface area contributed by atoms with Crippen molar-refractivity contribution >= 4 is 0 Å². The summed E-state index contributed by atoms with van der Waals surface area (Å²) >= 11 is 0. The van der Waals surface area contributed by atoms with Gasteiger partial charge in [-0.3, -0.25) is 0 Å². The molecule has 1 aromatic carbocycles. The van der Waals surface area contributed by atoms with E-state index in [9.17, 15) is 0 Å². The molecule has 1 aromatic rings. The van der Waals surface area contributed by atoms with Gasteiger partial charge in [-0.05, 0) is 50.3 Å². The molecule has 2 rings (SSSR count). The predicted octanol–water partition coefficient (Wildman–Crippen LogP) is 3.30. The molecule has 1 aliphatic rings. The van der Waals surface area contributed by atoms with Gasteiger partial charge in [0.2, 0.25) is 0 Å². The van der Waals surface area contributed by atoms with Crippen molar-refractivity contribution in [3.05, 3.63) is 29.8 Å². The molecule has 19 heavy (non-hydrogen) atoms. The molecule has 0 aromatic heterocycles. The minimum Gasteiger partial charge on any atom is -0.497 e. The Labute approximate surface area is 116 Å². The Morgan fingerprint density at radius 1 is 1.16 bits per heavy atom. The second-order valence-corrected chi connectivity index (χ2v) is 5.38. The van der Waals surface area contributed by atoms with Gasteiger partial charge in [-0.2, -0.15) is 0 Å². The van der Waals surface area contributed by atoms with Crippen LogP contribution in [-0.4, -0.2) is 26.4 Å². The molecule has 0 spiro atoms. The molecule has 1 saturated carbocycles. The lowest BCUT2D eigenvalue weighted by molar-refractivity contribution is 0.0572. The van der Waals surface area contributed by atoms with Gasteiger partial charge in [0.25, 0.3) is 0 Å². The largest absolute Gasteiger partial charge is 0.497 e. The van der Waals surface area contributed by atoms with Crippen molar-refractivity contribution < 1.29 is 9.47 Å². The molecule has 3 nitrogen and oxygen atoms in total. The summed E-state index contributed by atoms with van der Waals surface area (Å²) in [6, 6.07) is 9.24. The number of ether oxygens (including phenoxy) is 2. The van der Waals surface area contributed by atoms with Gasteiger partial charge in [0, 0.05) is 19.2 Å². The van der Waals surface area contributed by atoms with Crippen LogP contribution in [0.4, 0.5) is 0 Å². The maximum Gasteiger partial charge on any atom is 0.118 e. The minimum atomic E-state index is 0.367. The highest BCUT2D eigenvalue weighted by molar-refractivity contribution is 5.28. The topological polar surface area (TPSA) is 30.5 Å². The van der Waals surface area contributed by atoms with Crippen LogP contribution in [0, 0.1) is 0 Å². The van der Waals surface area contributed by atoms with Crippen LogP contribution in [0.25, 0.3) is 0 Å². The zero-order chi connectivity index (χ0) is 13.7. The zero-order valence-corrected chi connectivity index (χ0v) is 12.2. The van der Waals surface area contributed by atoms with E-state index in [1.165, 1.54) is 24.8 Å². The SMILES string of the molecule is COc1ccc([C@H](C)NC2CCCC(OC)C2)cc1. The van der Waals surface area contributed by atoms with E-state index in [4.69, 9.17) is 9.47 Å². The van der Waals surface area contributed by atoms with Gasteiger partial charge in [-0.25, -0.2) is 0 Å². The lowest BCUT2D eigenvalue weighted by atomic mass is 9.92. The number of hydrogen-bond acceptors (Lipinski definition) is 3. The predicted molar refractivity (Wildman–Crippen MR) is 77.6 cm³/mol. The summed E-state index contributed by atoms with van der Waals surface area (Å²) in [6.45, 7) is 2.22. The summed E-state index contributed by atoms with van der Waals surface area (Å²) in [6.07, 6.45) is 5.25. The molecule has 2 unspecified atom stereocenters. The Morgan fingerprint density at radius 3 is 2.53 bits per heavy atom. The summed E-state index contributed by atoms with van der Waals surface area (Å²) in [4.78, 5) is 0. The van der Waals surface area contributed by atoms with E-state index in [1.807, 2.05) is 19.2 Å². The Balaban J connectivity index is 1.90. The minimum absolute atomic E-state index is 0.367. The Kier molecular flexibility index (Phi) is 5.23. The third kappa shape index (κ3) is 3.95. The zero-order valence-electron chi connectivity index (χ0n) is 12.2. The number of benzene rings is 1. The highest BCUT2D eigenvalue weighted by atomic mass is 16.5. The van der Waals surface area contributed by atoms with E-state index in [2.05, 4.69) is 24.4 Å². The lowest BCUT2D eigenvalue weighted by Gasteiger charge is -2.31. The van der Waals surface area contributed by atoms with Crippen molar-refractivity contribution in [1.29, 1.82) is 0 Å². The van der Waals surface area contributed by atoms with E-state index in [1.54, 1.807) is 7.11 Å². The molecule has 0 amide bonds. The van der Waals surface area contributed by atoms with Crippen molar-refractivity contribution in [2.45, 2.75) is 50.8 Å². The Morgan fingerprint density at radius 2 is 1.89 bits per heavy atom. The highest BCUT2D eigenvalue weighted by Crippen LogP contribution is 2.24. The van der Waals surface area contributed by atoms with Crippen LogP contribution in [0.5, 0.6) is 5.75 Å². The summed E-state index contributed by atoms with van der Waals surface area (Å²) in [7, 11) is 3.52. The highest BCUT2D eigenvalue weighted by Gasteiger charge is 2.22. The van der Waals surface area contributed by atoms with Crippen LogP contribution in [0.1, 0.15) is 44.2 Å². The average Bonchev–Trinajstić information content (AvgIpc) is 2.47. The van der Waals surface area contributed by atoms with Crippen LogP contribution in [0.2, 0.25) is 0 Å². The van der Waals surface area contributed by atoms with Crippen LogP contribution < -0.4 is 10.1 Å². The normalized spacial score (nSPS) is 25.0. The molecule has 0 radical (unpaired) electrons. The third-order valence-electron chi connectivity index (χ3n) is 4.06. The summed E-state index contributed by atoms with van der Waals surface area (Å²) < 4.78 is 10.7. The van der Waals surface area contributed by atoms with Crippen molar-refractivity contribution in [3.63, 3.8) is 0 Å². The molecule has 106 valence electrons. The van der Waals surface area contributed by atoms with Crippen LogP contribution in [0.3, 0.4) is 0 Å². The number of nitrogens with one attached hydrogen (secondary N) is 1. The fraction of sp³-hybridized carbons (Fsp3) is 0.625. The first-order valence-corrected chi connectivity index (χ1v) is 7.15. The quantitative estimate of drug-likeness (QED) is 0.884. The maximum absolute atomic E-state index is 5.48. The van der Waals surface area contributed by atoms with Crippen molar-refractivity contribution in [2.24, 2.45) is 0 Å². The monoisotopic (exact) mass is 263 g/mol. The molecule has 0 saturated heterocycles. The third-order valence-corrected chi connectivity index (χ3v) is 4.06. The number of hydrogen-bond donors (Lipinski definition) is 1. The standard InChI is InChI=1S/C16H25NO2/c1-12(13-7-9-15(18-2)10-8-13)17-14-5-4-6-16(11-14)19-3/h7-10,12,14,16-17H,4-6,11H2,1-3H3/t12-,14?,16?/m0/s1. The van der Waals surface area contributed by atoms with Crippen molar-refractivity contribution in [1.82, 2.24) is 5.32 Å². The molecule has 3 atom stereocenters. The van der Waals surface area contributed by atoms with Crippen LogP contribution in [-0.2, 0) is 4.74 Å². The van der Waals surface area contributed by atoms with Crippen molar-refractivity contribution in [3.8, 4) is 5.75 Å². The van der Waals surface area contributed by atoms with E-state index < -0.39 is 0 Å². The van der Waals surface area contributed by atoms with Crippen LogP contribution in [0.15, 0.2) is 24.3 Å². The number of methoxy groups -OCH3 is 2. The van der Waals surface area contributed by atoms with E-state index in [0.717, 1.165) is 12.2 Å². The second-order valence-electron chi connectivity index (χ2n) is 5.38. The molecule has 3 heteroatoms. The Hall–Kier alpha value is -1.06. The fourth-order valence-electron chi connectivity index (χ4n) is 2.85.